The van der Waals surface area contributed by atoms with Crippen molar-refractivity contribution in [2.24, 2.45) is 11.1 Å². The van der Waals surface area contributed by atoms with Crippen molar-refractivity contribution in [2.75, 3.05) is 17.1 Å². The van der Waals surface area contributed by atoms with Gasteiger partial charge in [0.15, 0.2) is 0 Å². The molecule has 0 atom stereocenters. The number of amides is 1. The van der Waals surface area contributed by atoms with E-state index in [1.165, 1.54) is 43.5 Å². The number of hydrogen-bond donors (Lipinski definition) is 3. The Balaban J connectivity index is 2.25. The van der Waals surface area contributed by atoms with Gasteiger partial charge < -0.3 is 10.1 Å². The lowest BCUT2D eigenvalue weighted by Crippen LogP contribution is -2.18. The topological polar surface area (TPSA) is 145 Å². The lowest BCUT2D eigenvalue weighted by atomic mass is 10.2. The summed E-state index contributed by atoms with van der Waals surface area (Å²) in [6, 6.07) is 9.25. The standard InChI is InChI=1S/C17H21N3O6S2/c1-11(2)17(21)19-12-4-7-14(8-5-12)28(24,25)20-13-6-9-16(27(18,22)23)15(10-13)26-3/h4-11,20H,1-3H3,(H,19,21)(H2,18,22,23). The molecule has 0 spiro atoms. The molecular weight excluding hydrogens is 406 g/mol. The molecule has 0 bridgehead atoms. The Morgan fingerprint density at radius 3 is 2.07 bits per heavy atom. The number of primary sulfonamides is 1. The van der Waals surface area contributed by atoms with Gasteiger partial charge in [0.25, 0.3) is 10.0 Å². The van der Waals surface area contributed by atoms with Gasteiger partial charge in [-0.25, -0.2) is 22.0 Å². The van der Waals surface area contributed by atoms with Crippen molar-refractivity contribution in [1.29, 1.82) is 0 Å². The van der Waals surface area contributed by atoms with Crippen LogP contribution in [0.4, 0.5) is 11.4 Å². The Morgan fingerprint density at radius 1 is 1.00 bits per heavy atom. The van der Waals surface area contributed by atoms with Gasteiger partial charge in [-0.1, -0.05) is 13.8 Å². The predicted molar refractivity (Wildman–Crippen MR) is 105 cm³/mol. The van der Waals surface area contributed by atoms with Crippen LogP contribution < -0.4 is 19.9 Å². The van der Waals surface area contributed by atoms with E-state index in [2.05, 4.69) is 10.0 Å². The highest BCUT2D eigenvalue weighted by Crippen LogP contribution is 2.28. The number of nitrogens with two attached hydrogens (primary N) is 1. The fraction of sp³-hybridized carbons (Fsp3) is 0.235. The summed E-state index contributed by atoms with van der Waals surface area (Å²) in [6.07, 6.45) is 0. The summed E-state index contributed by atoms with van der Waals surface area (Å²) in [7, 11) is -6.72. The summed E-state index contributed by atoms with van der Waals surface area (Å²) in [5.74, 6) is -0.481. The maximum absolute atomic E-state index is 12.5. The number of benzene rings is 2. The van der Waals surface area contributed by atoms with E-state index in [1.54, 1.807) is 13.8 Å². The van der Waals surface area contributed by atoms with Gasteiger partial charge in [-0.15, -0.1) is 0 Å². The van der Waals surface area contributed by atoms with E-state index in [4.69, 9.17) is 9.88 Å². The minimum absolute atomic E-state index is 0.0375. The third-order valence-electron chi connectivity index (χ3n) is 3.68. The molecule has 152 valence electrons. The van der Waals surface area contributed by atoms with Crippen LogP contribution in [0.1, 0.15) is 13.8 Å². The van der Waals surface area contributed by atoms with E-state index in [1.807, 2.05) is 0 Å². The number of hydrogen-bond acceptors (Lipinski definition) is 6. The van der Waals surface area contributed by atoms with Gasteiger partial charge in [0.05, 0.1) is 17.7 Å². The summed E-state index contributed by atoms with van der Waals surface area (Å²) in [5, 5.41) is 7.76. The van der Waals surface area contributed by atoms with Crippen molar-refractivity contribution in [3.8, 4) is 5.75 Å². The minimum atomic E-state index is -4.02. The van der Waals surface area contributed by atoms with Crippen LogP contribution in [0.15, 0.2) is 52.3 Å². The second-order valence-electron chi connectivity index (χ2n) is 6.18. The van der Waals surface area contributed by atoms with Crippen LogP contribution in [0.25, 0.3) is 0 Å². The van der Waals surface area contributed by atoms with E-state index in [0.29, 0.717) is 5.69 Å². The smallest absolute Gasteiger partial charge is 0.261 e. The van der Waals surface area contributed by atoms with Crippen LogP contribution in [0, 0.1) is 5.92 Å². The summed E-state index contributed by atoms with van der Waals surface area (Å²) in [4.78, 5) is 11.4. The number of anilines is 2. The molecule has 1 amide bonds. The molecule has 9 nitrogen and oxygen atoms in total. The van der Waals surface area contributed by atoms with Crippen molar-refractivity contribution in [1.82, 2.24) is 0 Å². The maximum Gasteiger partial charge on any atom is 0.261 e. The molecule has 0 heterocycles. The third kappa shape index (κ3) is 5.21. The zero-order chi connectivity index (χ0) is 21.1. The molecular formula is C17H21N3O6S2. The lowest BCUT2D eigenvalue weighted by molar-refractivity contribution is -0.118. The Morgan fingerprint density at radius 2 is 1.57 bits per heavy atom. The van der Waals surface area contributed by atoms with Crippen molar-refractivity contribution in [2.45, 2.75) is 23.6 Å². The van der Waals surface area contributed by atoms with Crippen LogP contribution in [0.5, 0.6) is 5.75 Å². The summed E-state index contributed by atoms with van der Waals surface area (Å²) >= 11 is 0. The van der Waals surface area contributed by atoms with Gasteiger partial charge in [-0.2, -0.15) is 0 Å². The SMILES string of the molecule is COc1cc(NS(=O)(=O)c2ccc(NC(=O)C(C)C)cc2)ccc1S(N)(=O)=O. The van der Waals surface area contributed by atoms with Crippen LogP contribution in [0.3, 0.4) is 0 Å². The number of nitrogens with one attached hydrogen (secondary N) is 2. The lowest BCUT2D eigenvalue weighted by Gasteiger charge is -2.12. The van der Waals surface area contributed by atoms with E-state index in [9.17, 15) is 21.6 Å². The molecule has 0 radical (unpaired) electrons. The minimum Gasteiger partial charge on any atom is -0.495 e. The molecule has 2 aromatic carbocycles. The molecule has 28 heavy (non-hydrogen) atoms. The first-order valence-electron chi connectivity index (χ1n) is 8.08. The van der Waals surface area contributed by atoms with E-state index in [-0.39, 0.29) is 33.1 Å². The average molecular weight is 428 g/mol. The number of carbonyl (C=O) groups excluding carboxylic acids is 1. The Kier molecular flexibility index (Phi) is 6.32. The van der Waals surface area contributed by atoms with Crippen LogP contribution in [-0.2, 0) is 24.8 Å². The first kappa shape index (κ1) is 21.7. The molecule has 0 aliphatic rings. The molecule has 0 aliphatic carbocycles. The van der Waals surface area contributed by atoms with Crippen LogP contribution in [-0.4, -0.2) is 29.9 Å². The molecule has 0 aromatic heterocycles. The van der Waals surface area contributed by atoms with Gasteiger partial charge >= 0.3 is 0 Å². The van der Waals surface area contributed by atoms with Gasteiger partial charge in [-0.05, 0) is 36.4 Å². The molecule has 0 saturated carbocycles. The van der Waals surface area contributed by atoms with Gasteiger partial charge in [-0.3, -0.25) is 9.52 Å². The van der Waals surface area contributed by atoms with Gasteiger partial charge in [0.1, 0.15) is 10.6 Å². The van der Waals surface area contributed by atoms with Crippen molar-refractivity contribution in [3.05, 3.63) is 42.5 Å². The van der Waals surface area contributed by atoms with Crippen molar-refractivity contribution >= 4 is 37.3 Å². The molecule has 0 aliphatic heterocycles. The number of methoxy groups -OCH3 is 1. The number of ether oxygens (including phenoxy) is 1. The third-order valence-corrected chi connectivity index (χ3v) is 6.03. The highest BCUT2D eigenvalue weighted by atomic mass is 32.2. The van der Waals surface area contributed by atoms with Crippen LogP contribution >= 0.6 is 0 Å². The summed E-state index contributed by atoms with van der Waals surface area (Å²) in [6.45, 7) is 3.49. The highest BCUT2D eigenvalue weighted by molar-refractivity contribution is 7.92. The number of carbonyl (C=O) groups is 1. The molecule has 0 unspecified atom stereocenters. The van der Waals surface area contributed by atoms with E-state index in [0.717, 1.165) is 6.07 Å². The van der Waals surface area contributed by atoms with Gasteiger partial charge in [0, 0.05) is 17.7 Å². The summed E-state index contributed by atoms with van der Waals surface area (Å²) < 4.78 is 55.4. The van der Waals surface area contributed by atoms with Crippen LogP contribution in [0.2, 0.25) is 0 Å². The second kappa shape index (κ2) is 8.17. The molecule has 2 aromatic rings. The molecule has 11 heteroatoms. The normalized spacial score (nSPS) is 11.9. The molecule has 0 saturated heterocycles. The number of rotatable bonds is 7. The zero-order valence-corrected chi connectivity index (χ0v) is 17.1. The highest BCUT2D eigenvalue weighted by Gasteiger charge is 2.19. The molecule has 0 fully saturated rings. The van der Waals surface area contributed by atoms with Crippen molar-refractivity contribution in [3.63, 3.8) is 0 Å². The molecule has 4 N–H and O–H groups in total. The maximum atomic E-state index is 12.5. The summed E-state index contributed by atoms with van der Waals surface area (Å²) in [5.41, 5.74) is 0.568. The molecule has 2 rings (SSSR count). The fourth-order valence-electron chi connectivity index (χ4n) is 2.18. The Labute approximate surface area is 164 Å². The fourth-order valence-corrected chi connectivity index (χ4v) is 3.91. The van der Waals surface area contributed by atoms with E-state index >= 15 is 0 Å². The van der Waals surface area contributed by atoms with E-state index < -0.39 is 20.0 Å². The first-order valence-corrected chi connectivity index (χ1v) is 11.1. The Hall–Kier alpha value is -2.63. The monoisotopic (exact) mass is 427 g/mol. The average Bonchev–Trinajstić information content (AvgIpc) is 2.60. The first-order chi connectivity index (χ1) is 12.9. The predicted octanol–water partition coefficient (Wildman–Crippen LogP) is 1.74. The van der Waals surface area contributed by atoms with Gasteiger partial charge in [0.2, 0.25) is 15.9 Å². The van der Waals surface area contributed by atoms with Crippen molar-refractivity contribution < 1.29 is 26.4 Å². The quantitative estimate of drug-likeness (QED) is 0.614. The zero-order valence-electron chi connectivity index (χ0n) is 15.5. The Bertz CT molecular complexity index is 1080. The number of sulfonamides is 2. The largest absolute Gasteiger partial charge is 0.495 e. The second-order valence-corrected chi connectivity index (χ2v) is 9.40.